The summed E-state index contributed by atoms with van der Waals surface area (Å²) in [6.45, 7) is 0.834. The first-order valence-corrected chi connectivity index (χ1v) is 8.05. The molecule has 0 saturated heterocycles. The number of fused-ring (bicyclic) bond motifs is 1. The van der Waals surface area contributed by atoms with Crippen LogP contribution in [-0.4, -0.2) is 18.3 Å². The Labute approximate surface area is 114 Å². The molecule has 3 atom stereocenters. The third-order valence-electron chi connectivity index (χ3n) is 4.34. The van der Waals surface area contributed by atoms with E-state index in [0.29, 0.717) is 18.0 Å². The highest BCUT2D eigenvalue weighted by atomic mass is 32.2. The molecule has 0 amide bonds. The van der Waals surface area contributed by atoms with E-state index in [4.69, 9.17) is 5.73 Å². The molecule has 1 aromatic carbocycles. The average molecular weight is 262 g/mol. The number of nitrogens with two attached hydrogens (primary N) is 1. The first-order valence-electron chi connectivity index (χ1n) is 7.06. The van der Waals surface area contributed by atoms with Gasteiger partial charge in [-0.05, 0) is 49.1 Å². The van der Waals surface area contributed by atoms with Crippen LogP contribution in [0.2, 0.25) is 0 Å². The number of hydrogen-bond donors (Lipinski definition) is 2. The van der Waals surface area contributed by atoms with E-state index in [1.54, 1.807) is 0 Å². The second-order valence-electron chi connectivity index (χ2n) is 5.43. The normalized spacial score (nSPS) is 31.3. The molecule has 2 aliphatic rings. The van der Waals surface area contributed by atoms with Gasteiger partial charge in [0.15, 0.2) is 0 Å². The Kier molecular flexibility index (Phi) is 3.92. The third kappa shape index (κ3) is 2.44. The van der Waals surface area contributed by atoms with Gasteiger partial charge in [-0.3, -0.25) is 0 Å². The van der Waals surface area contributed by atoms with Crippen molar-refractivity contribution in [1.29, 1.82) is 0 Å². The van der Waals surface area contributed by atoms with Crippen LogP contribution in [0.3, 0.4) is 0 Å². The highest BCUT2D eigenvalue weighted by molar-refractivity contribution is 7.99. The minimum absolute atomic E-state index is 0.541. The van der Waals surface area contributed by atoms with Gasteiger partial charge in [-0.2, -0.15) is 0 Å². The van der Waals surface area contributed by atoms with Crippen LogP contribution in [0.4, 0.5) is 0 Å². The van der Waals surface area contributed by atoms with E-state index in [2.05, 4.69) is 29.6 Å². The van der Waals surface area contributed by atoms with Crippen molar-refractivity contribution >= 4 is 11.8 Å². The molecule has 3 N–H and O–H groups in total. The lowest BCUT2D eigenvalue weighted by Gasteiger charge is -2.31. The van der Waals surface area contributed by atoms with Crippen molar-refractivity contribution in [3.05, 3.63) is 29.8 Å². The Morgan fingerprint density at radius 1 is 1.22 bits per heavy atom. The first-order chi connectivity index (χ1) is 8.88. The minimum Gasteiger partial charge on any atom is -0.330 e. The van der Waals surface area contributed by atoms with E-state index in [1.807, 2.05) is 11.8 Å². The maximum Gasteiger partial charge on any atom is 0.0341 e. The smallest absolute Gasteiger partial charge is 0.0341 e. The summed E-state index contributed by atoms with van der Waals surface area (Å²) >= 11 is 1.99. The van der Waals surface area contributed by atoms with E-state index in [9.17, 15) is 0 Å². The van der Waals surface area contributed by atoms with E-state index in [1.165, 1.54) is 41.9 Å². The fraction of sp³-hybridized carbons (Fsp3) is 0.600. The monoisotopic (exact) mass is 262 g/mol. The molecule has 1 aliphatic heterocycles. The molecule has 1 aromatic rings. The van der Waals surface area contributed by atoms with Gasteiger partial charge >= 0.3 is 0 Å². The van der Waals surface area contributed by atoms with Crippen LogP contribution in [0.25, 0.3) is 0 Å². The highest BCUT2D eigenvalue weighted by Gasteiger charge is 2.30. The van der Waals surface area contributed by atoms with Crippen LogP contribution in [0.5, 0.6) is 0 Å². The molecule has 2 nitrogen and oxygen atoms in total. The molecule has 98 valence electrons. The number of thioether (sulfide) groups is 1. The Bertz CT molecular complexity index is 407. The predicted molar refractivity (Wildman–Crippen MR) is 77.8 cm³/mol. The largest absolute Gasteiger partial charge is 0.330 e. The van der Waals surface area contributed by atoms with Crippen molar-refractivity contribution in [2.24, 2.45) is 11.7 Å². The molecule has 3 rings (SSSR count). The molecule has 18 heavy (non-hydrogen) atoms. The van der Waals surface area contributed by atoms with E-state index in [0.717, 1.165) is 6.54 Å². The molecule has 1 heterocycles. The molecule has 3 unspecified atom stereocenters. The van der Waals surface area contributed by atoms with Crippen molar-refractivity contribution in [3.8, 4) is 0 Å². The third-order valence-corrected chi connectivity index (χ3v) is 5.46. The highest BCUT2D eigenvalue weighted by Crippen LogP contribution is 2.37. The zero-order valence-electron chi connectivity index (χ0n) is 10.8. The van der Waals surface area contributed by atoms with Gasteiger partial charge < -0.3 is 11.1 Å². The topological polar surface area (TPSA) is 38.0 Å². The average Bonchev–Trinajstić information content (AvgIpc) is 2.86. The molecular formula is C15H22N2S. The first kappa shape index (κ1) is 12.5. The molecule has 0 bridgehead atoms. The zero-order valence-corrected chi connectivity index (χ0v) is 11.6. The van der Waals surface area contributed by atoms with Gasteiger partial charge in [0.2, 0.25) is 0 Å². The lowest BCUT2D eigenvalue weighted by molar-refractivity contribution is 0.354. The summed E-state index contributed by atoms with van der Waals surface area (Å²) < 4.78 is 0. The summed E-state index contributed by atoms with van der Waals surface area (Å²) in [5.74, 6) is 1.92. The van der Waals surface area contributed by atoms with Crippen LogP contribution in [-0.2, 0) is 0 Å². The van der Waals surface area contributed by atoms with Crippen molar-refractivity contribution in [2.75, 3.05) is 12.3 Å². The van der Waals surface area contributed by atoms with Gasteiger partial charge in [0.1, 0.15) is 0 Å². The molecule has 3 heteroatoms. The Morgan fingerprint density at radius 2 is 2.11 bits per heavy atom. The Hall–Kier alpha value is -0.510. The SMILES string of the molecule is NCC1CCCC1NC1CCSc2ccccc21. The number of benzene rings is 1. The summed E-state index contributed by atoms with van der Waals surface area (Å²) in [6.07, 6.45) is 5.18. The van der Waals surface area contributed by atoms with E-state index >= 15 is 0 Å². The van der Waals surface area contributed by atoms with Gasteiger partial charge in [-0.25, -0.2) is 0 Å². The fourth-order valence-electron chi connectivity index (χ4n) is 3.31. The fourth-order valence-corrected chi connectivity index (χ4v) is 4.44. The van der Waals surface area contributed by atoms with Gasteiger partial charge in [0.05, 0.1) is 0 Å². The molecule has 0 spiro atoms. The summed E-state index contributed by atoms with van der Waals surface area (Å²) in [5.41, 5.74) is 7.38. The molecular weight excluding hydrogens is 240 g/mol. The molecule has 0 radical (unpaired) electrons. The lowest BCUT2D eigenvalue weighted by Crippen LogP contribution is -2.39. The van der Waals surface area contributed by atoms with Crippen LogP contribution in [0, 0.1) is 5.92 Å². The molecule has 1 fully saturated rings. The van der Waals surface area contributed by atoms with Crippen LogP contribution in [0.1, 0.15) is 37.3 Å². The number of hydrogen-bond acceptors (Lipinski definition) is 3. The van der Waals surface area contributed by atoms with Crippen molar-refractivity contribution in [1.82, 2.24) is 5.32 Å². The van der Waals surface area contributed by atoms with Crippen LogP contribution < -0.4 is 11.1 Å². The van der Waals surface area contributed by atoms with Gasteiger partial charge in [-0.15, -0.1) is 11.8 Å². The van der Waals surface area contributed by atoms with Gasteiger partial charge in [-0.1, -0.05) is 24.6 Å². The van der Waals surface area contributed by atoms with Crippen molar-refractivity contribution in [2.45, 2.75) is 42.7 Å². The summed E-state index contributed by atoms with van der Waals surface area (Å²) in [5, 5.41) is 3.88. The zero-order chi connectivity index (χ0) is 12.4. The summed E-state index contributed by atoms with van der Waals surface area (Å²) in [4.78, 5) is 1.46. The second kappa shape index (κ2) is 5.64. The number of rotatable bonds is 3. The standard InChI is InChI=1S/C15H22N2S/c16-10-11-4-3-6-13(11)17-14-8-9-18-15-7-2-1-5-12(14)15/h1-2,5,7,11,13-14,17H,3-4,6,8-10,16H2. The maximum absolute atomic E-state index is 5.88. The quantitative estimate of drug-likeness (QED) is 0.879. The minimum atomic E-state index is 0.541. The second-order valence-corrected chi connectivity index (χ2v) is 6.56. The Morgan fingerprint density at radius 3 is 3.00 bits per heavy atom. The van der Waals surface area contributed by atoms with Gasteiger partial charge in [0.25, 0.3) is 0 Å². The molecule has 1 saturated carbocycles. The summed E-state index contributed by atoms with van der Waals surface area (Å²) in [6, 6.07) is 10.0. The lowest BCUT2D eigenvalue weighted by atomic mass is 9.98. The van der Waals surface area contributed by atoms with Crippen molar-refractivity contribution < 1.29 is 0 Å². The van der Waals surface area contributed by atoms with E-state index < -0.39 is 0 Å². The molecule has 1 aliphatic carbocycles. The van der Waals surface area contributed by atoms with Crippen LogP contribution >= 0.6 is 11.8 Å². The summed E-state index contributed by atoms with van der Waals surface area (Å²) in [7, 11) is 0. The predicted octanol–water partition coefficient (Wildman–Crippen LogP) is 2.94. The van der Waals surface area contributed by atoms with Gasteiger partial charge in [0, 0.05) is 17.0 Å². The van der Waals surface area contributed by atoms with E-state index in [-0.39, 0.29) is 0 Å². The molecule has 0 aromatic heterocycles. The van der Waals surface area contributed by atoms with Crippen LogP contribution in [0.15, 0.2) is 29.2 Å². The maximum atomic E-state index is 5.88. The Balaban J connectivity index is 1.74. The number of nitrogens with one attached hydrogen (secondary N) is 1. The van der Waals surface area contributed by atoms with Crippen molar-refractivity contribution in [3.63, 3.8) is 0 Å².